The van der Waals surface area contributed by atoms with Crippen LogP contribution in [0.15, 0.2) is 21.7 Å². The van der Waals surface area contributed by atoms with Gasteiger partial charge in [0, 0.05) is 26.0 Å². The van der Waals surface area contributed by atoms with Crippen LogP contribution in [0, 0.1) is 0 Å². The van der Waals surface area contributed by atoms with E-state index in [0.29, 0.717) is 0 Å². The molecular formula is C8H14N2O4S3. The third-order valence-corrected chi connectivity index (χ3v) is 6.14. The van der Waals surface area contributed by atoms with E-state index in [1.165, 1.54) is 36.9 Å². The second-order valence-electron chi connectivity index (χ2n) is 3.46. The van der Waals surface area contributed by atoms with Gasteiger partial charge >= 0.3 is 0 Å². The molecule has 1 aromatic heterocycles. The molecule has 9 heteroatoms. The van der Waals surface area contributed by atoms with Crippen molar-refractivity contribution in [1.29, 1.82) is 0 Å². The Bertz CT molecular complexity index is 546. The second-order valence-corrected chi connectivity index (χ2v) is 8.30. The lowest BCUT2D eigenvalue weighted by molar-refractivity contribution is 0.519. The maximum Gasteiger partial charge on any atom is 0.241 e. The molecule has 0 aliphatic heterocycles. The van der Waals surface area contributed by atoms with Crippen LogP contribution in [0.5, 0.6) is 0 Å². The molecule has 0 aliphatic rings. The fraction of sp³-hybridized carbons (Fsp3) is 0.500. The van der Waals surface area contributed by atoms with E-state index in [1.807, 2.05) is 0 Å². The highest BCUT2D eigenvalue weighted by atomic mass is 32.2. The standard InChI is InChI=1S/C8H14N2O4S3/c1-10(2)16(11,12)6-4-9-17(13,14)8-3-5-15-7-8/h3,5,7,9H,4,6H2,1-2H3. The third-order valence-electron chi connectivity index (χ3n) is 2.01. The van der Waals surface area contributed by atoms with Crippen LogP contribution in [0.3, 0.4) is 0 Å². The Morgan fingerprint density at radius 3 is 2.41 bits per heavy atom. The maximum atomic E-state index is 11.6. The van der Waals surface area contributed by atoms with E-state index in [-0.39, 0.29) is 17.2 Å². The number of sulfonamides is 2. The van der Waals surface area contributed by atoms with Gasteiger partial charge in [0.15, 0.2) is 0 Å². The van der Waals surface area contributed by atoms with Gasteiger partial charge in [-0.1, -0.05) is 0 Å². The van der Waals surface area contributed by atoms with E-state index >= 15 is 0 Å². The molecule has 0 bridgehead atoms. The fourth-order valence-corrected chi connectivity index (χ4v) is 3.89. The highest BCUT2D eigenvalue weighted by Gasteiger charge is 2.17. The quantitative estimate of drug-likeness (QED) is 0.796. The van der Waals surface area contributed by atoms with Crippen molar-refractivity contribution in [2.24, 2.45) is 0 Å². The Labute approximate surface area is 105 Å². The minimum Gasteiger partial charge on any atom is -0.212 e. The van der Waals surface area contributed by atoms with Crippen molar-refractivity contribution in [2.75, 3.05) is 26.4 Å². The topological polar surface area (TPSA) is 83.6 Å². The van der Waals surface area contributed by atoms with Crippen molar-refractivity contribution in [3.05, 3.63) is 16.8 Å². The highest BCUT2D eigenvalue weighted by molar-refractivity contribution is 7.90. The number of hydrogen-bond donors (Lipinski definition) is 1. The highest BCUT2D eigenvalue weighted by Crippen LogP contribution is 2.12. The van der Waals surface area contributed by atoms with E-state index in [9.17, 15) is 16.8 Å². The van der Waals surface area contributed by atoms with E-state index in [0.717, 1.165) is 4.31 Å². The van der Waals surface area contributed by atoms with E-state index in [1.54, 1.807) is 5.38 Å². The first kappa shape index (κ1) is 14.6. The number of thiophene rings is 1. The molecular weight excluding hydrogens is 284 g/mol. The van der Waals surface area contributed by atoms with Gasteiger partial charge in [-0.15, -0.1) is 0 Å². The first-order valence-corrected chi connectivity index (χ1v) is 8.71. The minimum absolute atomic E-state index is 0.140. The summed E-state index contributed by atoms with van der Waals surface area (Å²) in [6, 6.07) is 1.47. The Kier molecular flexibility index (Phi) is 4.67. The SMILES string of the molecule is CN(C)S(=O)(=O)CCNS(=O)(=O)c1ccsc1. The fourth-order valence-electron chi connectivity index (χ4n) is 0.976. The average Bonchev–Trinajstić information content (AvgIpc) is 2.69. The third kappa shape index (κ3) is 4.03. The zero-order valence-corrected chi connectivity index (χ0v) is 11.9. The second kappa shape index (κ2) is 5.44. The van der Waals surface area contributed by atoms with Crippen molar-refractivity contribution in [1.82, 2.24) is 9.03 Å². The van der Waals surface area contributed by atoms with Gasteiger partial charge in [-0.05, 0) is 11.4 Å². The van der Waals surface area contributed by atoms with Gasteiger partial charge in [0.25, 0.3) is 0 Å². The van der Waals surface area contributed by atoms with Crippen LogP contribution < -0.4 is 4.72 Å². The zero-order chi connectivity index (χ0) is 13.1. The van der Waals surface area contributed by atoms with Crippen LogP contribution in [0.1, 0.15) is 0 Å². The first-order chi connectivity index (χ1) is 7.76. The van der Waals surface area contributed by atoms with Crippen molar-refractivity contribution >= 4 is 31.4 Å². The molecule has 0 fully saturated rings. The van der Waals surface area contributed by atoms with Crippen molar-refractivity contribution in [3.63, 3.8) is 0 Å². The lowest BCUT2D eigenvalue weighted by atomic mass is 10.7. The number of rotatable bonds is 6. The average molecular weight is 298 g/mol. The zero-order valence-electron chi connectivity index (χ0n) is 9.45. The molecule has 1 N–H and O–H groups in total. The van der Waals surface area contributed by atoms with Gasteiger partial charge in [-0.2, -0.15) is 11.3 Å². The van der Waals surface area contributed by atoms with E-state index in [2.05, 4.69) is 4.72 Å². The summed E-state index contributed by atoms with van der Waals surface area (Å²) in [5, 5.41) is 3.13. The Balaban J connectivity index is 2.59. The summed E-state index contributed by atoms with van der Waals surface area (Å²) >= 11 is 1.26. The molecule has 0 aromatic carbocycles. The van der Waals surface area contributed by atoms with Crippen molar-refractivity contribution in [2.45, 2.75) is 4.90 Å². The largest absolute Gasteiger partial charge is 0.241 e. The number of nitrogens with zero attached hydrogens (tertiary/aromatic N) is 1. The summed E-state index contributed by atoms with van der Waals surface area (Å²) in [6.07, 6.45) is 0. The van der Waals surface area contributed by atoms with Gasteiger partial charge in [0.2, 0.25) is 20.0 Å². The van der Waals surface area contributed by atoms with E-state index in [4.69, 9.17) is 0 Å². The summed E-state index contributed by atoms with van der Waals surface area (Å²) in [4.78, 5) is 0.157. The summed E-state index contributed by atoms with van der Waals surface area (Å²) in [5.41, 5.74) is 0. The van der Waals surface area contributed by atoms with Crippen LogP contribution in [-0.2, 0) is 20.0 Å². The molecule has 6 nitrogen and oxygen atoms in total. The molecule has 0 radical (unpaired) electrons. The van der Waals surface area contributed by atoms with Gasteiger partial charge in [0.05, 0.1) is 10.6 Å². The van der Waals surface area contributed by atoms with E-state index < -0.39 is 20.0 Å². The van der Waals surface area contributed by atoms with Crippen LogP contribution in [0.2, 0.25) is 0 Å². The molecule has 1 aromatic rings. The molecule has 0 spiro atoms. The summed E-state index contributed by atoms with van der Waals surface area (Å²) in [7, 11) is -4.16. The van der Waals surface area contributed by atoms with Crippen LogP contribution in [0.25, 0.3) is 0 Å². The predicted molar refractivity (Wildman–Crippen MR) is 67.0 cm³/mol. The predicted octanol–water partition coefficient (Wildman–Crippen LogP) is -0.0822. The Morgan fingerprint density at radius 1 is 1.29 bits per heavy atom. The Hall–Kier alpha value is -0.480. The summed E-state index contributed by atoms with van der Waals surface area (Å²) in [6.45, 7) is -0.140. The molecule has 0 saturated carbocycles. The molecule has 0 amide bonds. The van der Waals surface area contributed by atoms with Crippen LogP contribution in [0.4, 0.5) is 0 Å². The minimum atomic E-state index is -3.59. The molecule has 0 atom stereocenters. The Morgan fingerprint density at radius 2 is 1.94 bits per heavy atom. The van der Waals surface area contributed by atoms with Crippen LogP contribution in [-0.4, -0.2) is 47.5 Å². The summed E-state index contributed by atoms with van der Waals surface area (Å²) in [5.74, 6) is -0.261. The van der Waals surface area contributed by atoms with Crippen molar-refractivity contribution < 1.29 is 16.8 Å². The normalized spacial score (nSPS) is 13.1. The van der Waals surface area contributed by atoms with Crippen LogP contribution >= 0.6 is 11.3 Å². The smallest absolute Gasteiger partial charge is 0.212 e. The molecule has 1 rings (SSSR count). The molecule has 0 saturated heterocycles. The lowest BCUT2D eigenvalue weighted by Gasteiger charge is -2.11. The lowest BCUT2D eigenvalue weighted by Crippen LogP contribution is -2.33. The van der Waals surface area contributed by atoms with Gasteiger partial charge in [-0.3, -0.25) is 0 Å². The van der Waals surface area contributed by atoms with Gasteiger partial charge < -0.3 is 0 Å². The molecule has 17 heavy (non-hydrogen) atoms. The molecule has 0 aliphatic carbocycles. The van der Waals surface area contributed by atoms with Gasteiger partial charge in [0.1, 0.15) is 0 Å². The molecule has 98 valence electrons. The molecule has 1 heterocycles. The summed E-state index contributed by atoms with van der Waals surface area (Å²) < 4.78 is 49.4. The number of nitrogens with one attached hydrogen (secondary N) is 1. The first-order valence-electron chi connectivity index (χ1n) is 4.68. The number of hydrogen-bond acceptors (Lipinski definition) is 5. The molecule has 0 unspecified atom stereocenters. The van der Waals surface area contributed by atoms with Crippen molar-refractivity contribution in [3.8, 4) is 0 Å². The maximum absolute atomic E-state index is 11.6. The monoisotopic (exact) mass is 298 g/mol. The van der Waals surface area contributed by atoms with Gasteiger partial charge in [-0.25, -0.2) is 25.9 Å².